The summed E-state index contributed by atoms with van der Waals surface area (Å²) >= 11 is 0. The van der Waals surface area contributed by atoms with Crippen molar-refractivity contribution >= 4 is 0 Å². The van der Waals surface area contributed by atoms with E-state index >= 15 is 0 Å². The molecule has 1 aliphatic carbocycles. The summed E-state index contributed by atoms with van der Waals surface area (Å²) < 4.78 is 0. The lowest BCUT2D eigenvalue weighted by Gasteiger charge is -2.25. The minimum absolute atomic E-state index is 0.356. The van der Waals surface area contributed by atoms with Crippen molar-refractivity contribution in [3.8, 4) is 0 Å². The average Bonchev–Trinajstić information content (AvgIpc) is 2.91. The zero-order valence-corrected chi connectivity index (χ0v) is 11.4. The Bertz CT molecular complexity index is 333. The molecule has 1 fully saturated rings. The third-order valence-electron chi connectivity index (χ3n) is 4.06. The Morgan fingerprint density at radius 3 is 2.67 bits per heavy atom. The van der Waals surface area contributed by atoms with Crippen LogP contribution in [-0.2, 0) is 6.42 Å². The second-order valence-electron chi connectivity index (χ2n) is 5.58. The van der Waals surface area contributed by atoms with E-state index in [1.54, 1.807) is 0 Å². The van der Waals surface area contributed by atoms with Gasteiger partial charge in [0.05, 0.1) is 0 Å². The van der Waals surface area contributed by atoms with Crippen LogP contribution in [0.15, 0.2) is 24.5 Å². The predicted octanol–water partition coefficient (Wildman–Crippen LogP) is 2.07. The van der Waals surface area contributed by atoms with Gasteiger partial charge in [-0.1, -0.05) is 12.8 Å². The molecule has 18 heavy (non-hydrogen) atoms. The monoisotopic (exact) mass is 247 g/mol. The highest BCUT2D eigenvalue weighted by molar-refractivity contribution is 5.09. The minimum Gasteiger partial charge on any atom is -0.326 e. The fraction of sp³-hybridized carbons (Fsp3) is 0.667. The van der Waals surface area contributed by atoms with Crippen LogP contribution < -0.4 is 5.73 Å². The first kappa shape index (κ1) is 13.5. The first-order valence-corrected chi connectivity index (χ1v) is 7.09. The molecular formula is C15H25N3. The van der Waals surface area contributed by atoms with Crippen molar-refractivity contribution in [2.24, 2.45) is 11.7 Å². The van der Waals surface area contributed by atoms with Crippen molar-refractivity contribution in [2.75, 3.05) is 20.1 Å². The first-order chi connectivity index (χ1) is 8.75. The molecule has 0 bridgehead atoms. The van der Waals surface area contributed by atoms with E-state index in [-0.39, 0.29) is 0 Å². The van der Waals surface area contributed by atoms with Gasteiger partial charge in [0, 0.05) is 31.5 Å². The summed E-state index contributed by atoms with van der Waals surface area (Å²) in [4.78, 5) is 6.40. The van der Waals surface area contributed by atoms with Crippen molar-refractivity contribution in [1.29, 1.82) is 0 Å². The number of rotatable bonds is 6. The van der Waals surface area contributed by atoms with Crippen LogP contribution in [0, 0.1) is 5.92 Å². The second kappa shape index (κ2) is 6.86. The molecule has 1 atom stereocenters. The van der Waals surface area contributed by atoms with Gasteiger partial charge in [-0.15, -0.1) is 0 Å². The van der Waals surface area contributed by atoms with Crippen LogP contribution in [0.2, 0.25) is 0 Å². The molecular weight excluding hydrogens is 222 g/mol. The number of aromatic nitrogens is 1. The van der Waals surface area contributed by atoms with E-state index in [2.05, 4.69) is 29.1 Å². The van der Waals surface area contributed by atoms with Crippen LogP contribution in [-0.4, -0.2) is 36.1 Å². The fourth-order valence-corrected chi connectivity index (χ4v) is 2.86. The SMILES string of the molecule is CN(CCc1ccncc1)CC(N)C1CCCC1. The van der Waals surface area contributed by atoms with Gasteiger partial charge >= 0.3 is 0 Å². The zero-order valence-electron chi connectivity index (χ0n) is 11.4. The molecule has 2 N–H and O–H groups in total. The Hall–Kier alpha value is -0.930. The average molecular weight is 247 g/mol. The van der Waals surface area contributed by atoms with Crippen molar-refractivity contribution in [3.63, 3.8) is 0 Å². The van der Waals surface area contributed by atoms with E-state index in [0.717, 1.165) is 25.4 Å². The van der Waals surface area contributed by atoms with Crippen LogP contribution in [0.5, 0.6) is 0 Å². The largest absolute Gasteiger partial charge is 0.326 e. The molecule has 1 aliphatic rings. The minimum atomic E-state index is 0.356. The third-order valence-corrected chi connectivity index (χ3v) is 4.06. The third kappa shape index (κ3) is 4.07. The molecule has 0 aromatic carbocycles. The molecule has 1 unspecified atom stereocenters. The molecule has 100 valence electrons. The van der Waals surface area contributed by atoms with E-state index in [0.29, 0.717) is 6.04 Å². The Morgan fingerprint density at radius 2 is 2.00 bits per heavy atom. The van der Waals surface area contributed by atoms with Crippen LogP contribution in [0.25, 0.3) is 0 Å². The molecule has 1 aromatic rings. The number of pyridine rings is 1. The molecule has 0 aliphatic heterocycles. The molecule has 3 heteroatoms. The molecule has 1 heterocycles. The van der Waals surface area contributed by atoms with Gasteiger partial charge in [-0.3, -0.25) is 4.98 Å². The smallest absolute Gasteiger partial charge is 0.0270 e. The quantitative estimate of drug-likeness (QED) is 0.837. The number of nitrogens with zero attached hydrogens (tertiary/aromatic N) is 2. The number of hydrogen-bond donors (Lipinski definition) is 1. The highest BCUT2D eigenvalue weighted by Gasteiger charge is 2.22. The van der Waals surface area contributed by atoms with E-state index in [1.165, 1.54) is 31.2 Å². The second-order valence-corrected chi connectivity index (χ2v) is 5.58. The van der Waals surface area contributed by atoms with E-state index in [9.17, 15) is 0 Å². The maximum atomic E-state index is 6.30. The van der Waals surface area contributed by atoms with Gasteiger partial charge in [0.25, 0.3) is 0 Å². The molecule has 0 amide bonds. The van der Waals surface area contributed by atoms with Gasteiger partial charge in [0.1, 0.15) is 0 Å². The summed E-state index contributed by atoms with van der Waals surface area (Å²) in [6.07, 6.45) is 10.2. The summed E-state index contributed by atoms with van der Waals surface area (Å²) in [5.41, 5.74) is 7.65. The summed E-state index contributed by atoms with van der Waals surface area (Å²) in [7, 11) is 2.18. The van der Waals surface area contributed by atoms with Crippen molar-refractivity contribution in [3.05, 3.63) is 30.1 Å². The molecule has 0 spiro atoms. The molecule has 1 saturated carbocycles. The highest BCUT2D eigenvalue weighted by Crippen LogP contribution is 2.26. The van der Waals surface area contributed by atoms with Crippen LogP contribution in [0.4, 0.5) is 0 Å². The Kier molecular flexibility index (Phi) is 5.14. The van der Waals surface area contributed by atoms with Crippen LogP contribution in [0.1, 0.15) is 31.2 Å². The summed E-state index contributed by atoms with van der Waals surface area (Å²) in [6, 6.07) is 4.53. The van der Waals surface area contributed by atoms with Crippen molar-refractivity contribution in [1.82, 2.24) is 9.88 Å². The predicted molar refractivity (Wildman–Crippen MR) is 75.4 cm³/mol. The molecule has 0 radical (unpaired) electrons. The van der Waals surface area contributed by atoms with E-state index < -0.39 is 0 Å². The maximum Gasteiger partial charge on any atom is 0.0270 e. The van der Waals surface area contributed by atoms with E-state index in [4.69, 9.17) is 5.73 Å². The van der Waals surface area contributed by atoms with Crippen LogP contribution in [0.3, 0.4) is 0 Å². The molecule has 2 rings (SSSR count). The highest BCUT2D eigenvalue weighted by atomic mass is 15.1. The van der Waals surface area contributed by atoms with Gasteiger partial charge in [-0.25, -0.2) is 0 Å². The Morgan fingerprint density at radius 1 is 1.33 bits per heavy atom. The van der Waals surface area contributed by atoms with Gasteiger partial charge in [-0.05, 0) is 49.9 Å². The van der Waals surface area contributed by atoms with Crippen LogP contribution >= 0.6 is 0 Å². The fourth-order valence-electron chi connectivity index (χ4n) is 2.86. The van der Waals surface area contributed by atoms with Gasteiger partial charge in [0.15, 0.2) is 0 Å². The lowest BCUT2D eigenvalue weighted by atomic mass is 9.98. The van der Waals surface area contributed by atoms with Gasteiger partial charge in [0.2, 0.25) is 0 Å². The van der Waals surface area contributed by atoms with Crippen molar-refractivity contribution in [2.45, 2.75) is 38.1 Å². The Balaban J connectivity index is 1.70. The summed E-state index contributed by atoms with van der Waals surface area (Å²) in [5.74, 6) is 0.758. The maximum absolute atomic E-state index is 6.30. The summed E-state index contributed by atoms with van der Waals surface area (Å²) in [6.45, 7) is 2.10. The lowest BCUT2D eigenvalue weighted by molar-refractivity contribution is 0.273. The summed E-state index contributed by atoms with van der Waals surface area (Å²) in [5, 5.41) is 0. The number of hydrogen-bond acceptors (Lipinski definition) is 3. The molecule has 1 aromatic heterocycles. The van der Waals surface area contributed by atoms with Gasteiger partial charge in [-0.2, -0.15) is 0 Å². The Labute approximate surface area is 110 Å². The number of likely N-dealkylation sites (N-methyl/N-ethyl adjacent to an activating group) is 1. The van der Waals surface area contributed by atoms with Crippen molar-refractivity contribution < 1.29 is 0 Å². The van der Waals surface area contributed by atoms with E-state index in [1.807, 2.05) is 12.4 Å². The molecule has 3 nitrogen and oxygen atoms in total. The molecule has 0 saturated heterocycles. The number of nitrogens with two attached hydrogens (primary N) is 1. The normalized spacial score (nSPS) is 18.4. The first-order valence-electron chi connectivity index (χ1n) is 7.09. The standard InChI is InChI=1S/C15H25N3/c1-18(11-8-13-6-9-17-10-7-13)12-15(16)14-4-2-3-5-14/h6-7,9-10,14-15H,2-5,8,11-12,16H2,1H3. The topological polar surface area (TPSA) is 42.2 Å². The van der Waals surface area contributed by atoms with Gasteiger partial charge < -0.3 is 10.6 Å². The zero-order chi connectivity index (χ0) is 12.8. The lowest BCUT2D eigenvalue weighted by Crippen LogP contribution is -2.40.